The third kappa shape index (κ3) is 3.82. The lowest BCUT2D eigenvalue weighted by Crippen LogP contribution is -2.52. The van der Waals surface area contributed by atoms with Gasteiger partial charge in [-0.25, -0.2) is 0 Å². The van der Waals surface area contributed by atoms with E-state index in [0.29, 0.717) is 16.8 Å². The van der Waals surface area contributed by atoms with Gasteiger partial charge in [-0.3, -0.25) is 14.7 Å². The molecule has 1 unspecified atom stereocenters. The molecule has 4 rings (SSSR count). The van der Waals surface area contributed by atoms with Crippen molar-refractivity contribution < 1.29 is 22.8 Å². The van der Waals surface area contributed by atoms with E-state index in [9.17, 15) is 22.8 Å². The average molecular weight is 441 g/mol. The summed E-state index contributed by atoms with van der Waals surface area (Å²) in [5.74, 6) is -0.626. The van der Waals surface area contributed by atoms with Crippen LogP contribution >= 0.6 is 0 Å². The second kappa shape index (κ2) is 7.88. The number of amides is 2. The molecule has 3 aromatic rings. The minimum absolute atomic E-state index is 0.125. The summed E-state index contributed by atoms with van der Waals surface area (Å²) in [4.78, 5) is 25.7. The van der Waals surface area contributed by atoms with E-state index in [1.807, 2.05) is 0 Å². The predicted octanol–water partition coefficient (Wildman–Crippen LogP) is 2.91. The van der Waals surface area contributed by atoms with Crippen LogP contribution in [0, 0.1) is 0 Å². The van der Waals surface area contributed by atoms with E-state index in [1.165, 1.54) is 18.3 Å². The SMILES string of the molecule is C=C1NC(=O)C(CNC(=O)c2ccccc2-c2ccc(C(F)(F)F)cc2)(c2ccn[nH]2)N1. The first-order valence-corrected chi connectivity index (χ1v) is 9.54. The van der Waals surface area contributed by atoms with Crippen LogP contribution in [0.3, 0.4) is 0 Å². The van der Waals surface area contributed by atoms with Crippen LogP contribution in [0.2, 0.25) is 0 Å². The zero-order valence-electron chi connectivity index (χ0n) is 16.6. The number of aromatic nitrogens is 2. The molecule has 1 aliphatic rings. The summed E-state index contributed by atoms with van der Waals surface area (Å²) in [6.07, 6.45) is -2.97. The monoisotopic (exact) mass is 441 g/mol. The molecule has 10 heteroatoms. The van der Waals surface area contributed by atoms with Gasteiger partial charge < -0.3 is 16.0 Å². The largest absolute Gasteiger partial charge is 0.416 e. The summed E-state index contributed by atoms with van der Waals surface area (Å²) >= 11 is 0. The normalized spacial score (nSPS) is 18.2. The maximum absolute atomic E-state index is 13.0. The van der Waals surface area contributed by atoms with Gasteiger partial charge in [-0.15, -0.1) is 0 Å². The fourth-order valence-corrected chi connectivity index (χ4v) is 3.57. The molecule has 0 bridgehead atoms. The van der Waals surface area contributed by atoms with Crippen LogP contribution < -0.4 is 16.0 Å². The molecule has 0 spiro atoms. The number of nitrogens with one attached hydrogen (secondary N) is 4. The Balaban J connectivity index is 1.60. The molecule has 0 radical (unpaired) electrons. The van der Waals surface area contributed by atoms with Crippen LogP contribution in [-0.4, -0.2) is 28.6 Å². The number of carbonyl (C=O) groups is 2. The van der Waals surface area contributed by atoms with Crippen LogP contribution in [0.1, 0.15) is 21.6 Å². The first-order chi connectivity index (χ1) is 15.2. The third-order valence-corrected chi connectivity index (χ3v) is 5.19. The van der Waals surface area contributed by atoms with Crippen molar-refractivity contribution in [1.29, 1.82) is 0 Å². The van der Waals surface area contributed by atoms with Gasteiger partial charge in [-0.05, 0) is 35.4 Å². The van der Waals surface area contributed by atoms with Crippen molar-refractivity contribution in [2.45, 2.75) is 11.7 Å². The van der Waals surface area contributed by atoms with Crippen LogP contribution in [0.4, 0.5) is 13.2 Å². The summed E-state index contributed by atoms with van der Waals surface area (Å²) in [7, 11) is 0. The zero-order valence-corrected chi connectivity index (χ0v) is 16.6. The summed E-state index contributed by atoms with van der Waals surface area (Å²) in [6.45, 7) is 3.58. The molecule has 2 amide bonds. The number of alkyl halides is 3. The maximum atomic E-state index is 13.0. The minimum Gasteiger partial charge on any atom is -0.352 e. The summed E-state index contributed by atoms with van der Waals surface area (Å²) in [5.41, 5.74) is -0.496. The van der Waals surface area contributed by atoms with E-state index in [2.05, 4.69) is 32.7 Å². The summed E-state index contributed by atoms with van der Waals surface area (Å²) < 4.78 is 38.6. The molecule has 164 valence electrons. The number of halogens is 3. The topological polar surface area (TPSA) is 98.9 Å². The summed E-state index contributed by atoms with van der Waals surface area (Å²) in [5, 5.41) is 14.9. The molecule has 2 heterocycles. The van der Waals surface area contributed by atoms with Gasteiger partial charge >= 0.3 is 6.18 Å². The highest BCUT2D eigenvalue weighted by Gasteiger charge is 2.47. The zero-order chi connectivity index (χ0) is 22.9. The van der Waals surface area contributed by atoms with Gasteiger partial charge in [0.1, 0.15) is 0 Å². The molecule has 1 fully saturated rings. The molecule has 1 saturated heterocycles. The molecule has 2 aromatic carbocycles. The number of benzene rings is 2. The van der Waals surface area contributed by atoms with E-state index in [4.69, 9.17) is 0 Å². The lowest BCUT2D eigenvalue weighted by molar-refractivity contribution is -0.137. The molecular formula is C22H18F3N5O2. The van der Waals surface area contributed by atoms with Gasteiger partial charge in [0.05, 0.1) is 23.6 Å². The fourth-order valence-electron chi connectivity index (χ4n) is 3.57. The number of nitrogens with zero attached hydrogens (tertiary/aromatic N) is 1. The van der Waals surface area contributed by atoms with Crippen LogP contribution in [0.25, 0.3) is 11.1 Å². The first kappa shape index (κ1) is 21.2. The highest BCUT2D eigenvalue weighted by Crippen LogP contribution is 2.32. The number of hydrogen-bond donors (Lipinski definition) is 4. The van der Waals surface area contributed by atoms with E-state index in [0.717, 1.165) is 12.1 Å². The predicted molar refractivity (Wildman–Crippen MR) is 110 cm³/mol. The molecule has 0 aliphatic carbocycles. The standard InChI is InChI=1S/C22H18F3N5O2/c1-13-28-20(32)21(29-13,18-10-11-27-30-18)12-26-19(31)17-5-3-2-4-16(17)14-6-8-15(9-7-14)22(23,24)25/h2-11,29H,1,12H2,(H,26,31)(H,27,30)(H,28,32). The molecule has 4 N–H and O–H groups in total. The molecule has 0 saturated carbocycles. The van der Waals surface area contributed by atoms with Crippen molar-refractivity contribution in [2.24, 2.45) is 0 Å². The van der Waals surface area contributed by atoms with Crippen molar-refractivity contribution in [3.05, 3.63) is 90.0 Å². The van der Waals surface area contributed by atoms with Crippen molar-refractivity contribution in [3.8, 4) is 11.1 Å². The highest BCUT2D eigenvalue weighted by atomic mass is 19.4. The van der Waals surface area contributed by atoms with E-state index >= 15 is 0 Å². The van der Waals surface area contributed by atoms with Crippen LogP contribution in [0.5, 0.6) is 0 Å². The molecule has 1 aromatic heterocycles. The fraction of sp³-hybridized carbons (Fsp3) is 0.136. The van der Waals surface area contributed by atoms with E-state index in [1.54, 1.807) is 30.3 Å². The Morgan fingerprint density at radius 3 is 2.41 bits per heavy atom. The maximum Gasteiger partial charge on any atom is 0.416 e. The van der Waals surface area contributed by atoms with Crippen LogP contribution in [-0.2, 0) is 16.5 Å². The third-order valence-electron chi connectivity index (χ3n) is 5.19. The average Bonchev–Trinajstić information content (AvgIpc) is 3.40. The van der Waals surface area contributed by atoms with Gasteiger partial charge in [-0.2, -0.15) is 18.3 Å². The van der Waals surface area contributed by atoms with Crippen molar-refractivity contribution in [3.63, 3.8) is 0 Å². The van der Waals surface area contributed by atoms with Gasteiger partial charge in [-0.1, -0.05) is 36.9 Å². The summed E-state index contributed by atoms with van der Waals surface area (Å²) in [6, 6.07) is 12.7. The van der Waals surface area contributed by atoms with Crippen molar-refractivity contribution >= 4 is 11.8 Å². The molecule has 1 aliphatic heterocycles. The quantitative estimate of drug-likeness (QED) is 0.489. The molecule has 1 atom stereocenters. The minimum atomic E-state index is -4.45. The Kier molecular flexibility index (Phi) is 5.21. The number of H-pyrrole nitrogens is 1. The highest BCUT2D eigenvalue weighted by molar-refractivity contribution is 6.01. The Morgan fingerprint density at radius 2 is 1.81 bits per heavy atom. The Hall–Kier alpha value is -4.08. The second-order valence-electron chi connectivity index (χ2n) is 7.24. The van der Waals surface area contributed by atoms with Crippen molar-refractivity contribution in [2.75, 3.05) is 6.54 Å². The van der Waals surface area contributed by atoms with Gasteiger partial charge in [0.2, 0.25) is 0 Å². The Bertz CT molecular complexity index is 1170. The molecule has 7 nitrogen and oxygen atoms in total. The lowest BCUT2D eigenvalue weighted by atomic mass is 9.94. The Morgan fingerprint density at radius 1 is 1.09 bits per heavy atom. The smallest absolute Gasteiger partial charge is 0.352 e. The van der Waals surface area contributed by atoms with Gasteiger partial charge in [0, 0.05) is 11.8 Å². The number of aromatic amines is 1. The molecule has 32 heavy (non-hydrogen) atoms. The van der Waals surface area contributed by atoms with Crippen molar-refractivity contribution in [1.82, 2.24) is 26.1 Å². The number of hydrogen-bond acceptors (Lipinski definition) is 4. The van der Waals surface area contributed by atoms with Gasteiger partial charge in [0.25, 0.3) is 11.8 Å². The number of rotatable bonds is 5. The van der Waals surface area contributed by atoms with E-state index < -0.39 is 29.1 Å². The van der Waals surface area contributed by atoms with Gasteiger partial charge in [0.15, 0.2) is 5.54 Å². The first-order valence-electron chi connectivity index (χ1n) is 9.54. The molecular weight excluding hydrogens is 423 g/mol. The van der Waals surface area contributed by atoms with Crippen LogP contribution in [0.15, 0.2) is 73.2 Å². The van der Waals surface area contributed by atoms with E-state index in [-0.39, 0.29) is 17.9 Å². The Labute approximate surface area is 180 Å². The lowest BCUT2D eigenvalue weighted by Gasteiger charge is -2.26. The number of carbonyl (C=O) groups excluding carboxylic acids is 2. The second-order valence-corrected chi connectivity index (χ2v) is 7.24.